The second-order valence-electron chi connectivity index (χ2n) is 4.11. The summed E-state index contributed by atoms with van der Waals surface area (Å²) in [6.07, 6.45) is 0. The Bertz CT molecular complexity index is 215. The Labute approximate surface area is 85.5 Å². The van der Waals surface area contributed by atoms with Crippen LogP contribution in [0.1, 0.15) is 0 Å². The van der Waals surface area contributed by atoms with Crippen LogP contribution < -0.4 is 5.32 Å². The number of aliphatic hydroxyl groups is 1. The van der Waals surface area contributed by atoms with Crippen LogP contribution in [0.2, 0.25) is 0 Å². The molecule has 2 atom stereocenters. The first-order valence-electron chi connectivity index (χ1n) is 4.92. The van der Waals surface area contributed by atoms with Crippen LogP contribution in [-0.4, -0.2) is 68.9 Å². The lowest BCUT2D eigenvalue weighted by atomic mass is 10.1. The molecule has 2 fully saturated rings. The standard InChI is InChI=1S/C8H18N2O3S/c11-5-7-4-10-1-2-14(12,13)6-8(10)3-9-7/h7-9,11-13H,1-6H2/t7-,8+/m0/s1. The third-order valence-electron chi connectivity index (χ3n) is 3.00. The predicted molar refractivity (Wildman–Crippen MR) is 56.8 cm³/mol. The molecule has 2 aliphatic rings. The van der Waals surface area contributed by atoms with Crippen molar-refractivity contribution in [1.82, 2.24) is 10.2 Å². The van der Waals surface area contributed by atoms with Crippen molar-refractivity contribution in [3.05, 3.63) is 0 Å². The van der Waals surface area contributed by atoms with Crippen molar-refractivity contribution in [2.24, 2.45) is 0 Å². The van der Waals surface area contributed by atoms with Gasteiger partial charge in [0, 0.05) is 31.7 Å². The van der Waals surface area contributed by atoms with E-state index in [1.54, 1.807) is 0 Å². The lowest BCUT2D eigenvalue weighted by Gasteiger charge is -2.49. The van der Waals surface area contributed by atoms with E-state index in [0.717, 1.165) is 19.6 Å². The van der Waals surface area contributed by atoms with Gasteiger partial charge in [-0.25, -0.2) is 0 Å². The monoisotopic (exact) mass is 222 g/mol. The minimum absolute atomic E-state index is 0.145. The van der Waals surface area contributed by atoms with Crippen LogP contribution in [0.15, 0.2) is 0 Å². The van der Waals surface area contributed by atoms with Gasteiger partial charge >= 0.3 is 0 Å². The lowest BCUT2D eigenvalue weighted by Crippen LogP contribution is -2.61. The topological polar surface area (TPSA) is 76.0 Å². The molecular weight excluding hydrogens is 204 g/mol. The van der Waals surface area contributed by atoms with E-state index in [-0.39, 0.29) is 18.7 Å². The van der Waals surface area contributed by atoms with Crippen molar-refractivity contribution in [3.8, 4) is 0 Å². The highest BCUT2D eigenvalue weighted by molar-refractivity contribution is 8.24. The maximum Gasteiger partial charge on any atom is 0.0597 e. The Morgan fingerprint density at radius 3 is 2.93 bits per heavy atom. The first-order chi connectivity index (χ1) is 6.61. The molecule has 2 heterocycles. The van der Waals surface area contributed by atoms with Gasteiger partial charge in [-0.3, -0.25) is 14.0 Å². The van der Waals surface area contributed by atoms with Crippen LogP contribution in [0.5, 0.6) is 0 Å². The SMILES string of the molecule is OC[C@@H]1CN2CCS(O)(O)C[C@H]2CN1. The van der Waals surface area contributed by atoms with Gasteiger partial charge in [0.15, 0.2) is 0 Å². The molecule has 14 heavy (non-hydrogen) atoms. The second-order valence-corrected chi connectivity index (χ2v) is 6.46. The van der Waals surface area contributed by atoms with E-state index in [1.807, 2.05) is 0 Å². The van der Waals surface area contributed by atoms with E-state index in [4.69, 9.17) is 5.11 Å². The molecule has 4 N–H and O–H groups in total. The van der Waals surface area contributed by atoms with E-state index in [0.29, 0.717) is 11.5 Å². The van der Waals surface area contributed by atoms with Gasteiger partial charge in [0.05, 0.1) is 18.1 Å². The number of fused-ring (bicyclic) bond motifs is 1. The summed E-state index contributed by atoms with van der Waals surface area (Å²) in [6, 6.07) is 0.377. The summed E-state index contributed by atoms with van der Waals surface area (Å²) in [5, 5.41) is 12.2. The van der Waals surface area contributed by atoms with Crippen LogP contribution in [0.4, 0.5) is 0 Å². The van der Waals surface area contributed by atoms with Gasteiger partial charge in [0.1, 0.15) is 0 Å². The zero-order chi connectivity index (χ0) is 10.2. The fourth-order valence-corrected chi connectivity index (χ4v) is 3.78. The van der Waals surface area contributed by atoms with Gasteiger partial charge in [-0.05, 0) is 0 Å². The first-order valence-corrected chi connectivity index (χ1v) is 6.81. The summed E-state index contributed by atoms with van der Waals surface area (Å²) < 4.78 is 19.1. The lowest BCUT2D eigenvalue weighted by molar-refractivity contribution is 0.109. The third kappa shape index (κ3) is 2.21. The molecule has 84 valence electrons. The van der Waals surface area contributed by atoms with Crippen molar-refractivity contribution in [3.63, 3.8) is 0 Å². The highest BCUT2D eigenvalue weighted by atomic mass is 32.3. The van der Waals surface area contributed by atoms with Gasteiger partial charge in [0.25, 0.3) is 0 Å². The Balaban J connectivity index is 1.94. The molecule has 0 amide bonds. The van der Waals surface area contributed by atoms with Gasteiger partial charge in [-0.2, -0.15) is 10.6 Å². The summed E-state index contributed by atoms with van der Waals surface area (Å²) >= 11 is 0. The largest absolute Gasteiger partial charge is 0.395 e. The molecular formula is C8H18N2O3S. The van der Waals surface area contributed by atoms with Gasteiger partial charge in [-0.1, -0.05) is 0 Å². The molecule has 0 aliphatic carbocycles. The fraction of sp³-hybridized carbons (Fsp3) is 1.00. The normalized spacial score (nSPS) is 40.2. The van der Waals surface area contributed by atoms with Gasteiger partial charge in [-0.15, -0.1) is 0 Å². The molecule has 0 aromatic rings. The number of aliphatic hydroxyl groups excluding tert-OH is 1. The van der Waals surface area contributed by atoms with Crippen LogP contribution in [0, 0.1) is 0 Å². The molecule has 0 aromatic heterocycles. The number of hydrogen-bond donors (Lipinski definition) is 4. The van der Waals surface area contributed by atoms with Crippen LogP contribution in [-0.2, 0) is 0 Å². The predicted octanol–water partition coefficient (Wildman–Crippen LogP) is -0.615. The molecule has 2 rings (SSSR count). The minimum Gasteiger partial charge on any atom is -0.395 e. The smallest absolute Gasteiger partial charge is 0.0597 e. The molecule has 2 aliphatic heterocycles. The van der Waals surface area contributed by atoms with E-state index in [9.17, 15) is 9.11 Å². The van der Waals surface area contributed by atoms with Gasteiger partial charge in [0.2, 0.25) is 0 Å². The molecule has 0 unspecified atom stereocenters. The highest BCUT2D eigenvalue weighted by Gasteiger charge is 2.35. The van der Waals surface area contributed by atoms with Crippen molar-refractivity contribution >= 4 is 10.6 Å². The number of rotatable bonds is 1. The molecule has 0 aromatic carbocycles. The molecule has 0 bridgehead atoms. The summed E-state index contributed by atoms with van der Waals surface area (Å²) in [7, 11) is -2.32. The second kappa shape index (κ2) is 3.96. The van der Waals surface area contributed by atoms with Crippen molar-refractivity contribution < 1.29 is 14.2 Å². The van der Waals surface area contributed by atoms with E-state index >= 15 is 0 Å². The Kier molecular flexibility index (Phi) is 3.01. The summed E-state index contributed by atoms with van der Waals surface area (Å²) in [6.45, 7) is 2.46. The number of nitrogens with zero attached hydrogens (tertiary/aromatic N) is 1. The molecule has 0 radical (unpaired) electrons. The quantitative estimate of drug-likeness (QED) is 0.476. The molecule has 0 spiro atoms. The molecule has 2 saturated heterocycles. The first kappa shape index (κ1) is 10.7. The zero-order valence-corrected chi connectivity index (χ0v) is 8.91. The Morgan fingerprint density at radius 1 is 1.43 bits per heavy atom. The molecule has 0 saturated carbocycles. The maximum atomic E-state index is 9.57. The van der Waals surface area contributed by atoms with E-state index in [2.05, 4.69) is 10.2 Å². The van der Waals surface area contributed by atoms with Crippen molar-refractivity contribution in [2.45, 2.75) is 12.1 Å². The van der Waals surface area contributed by atoms with Crippen molar-refractivity contribution in [2.75, 3.05) is 37.7 Å². The zero-order valence-electron chi connectivity index (χ0n) is 8.09. The summed E-state index contributed by atoms with van der Waals surface area (Å²) in [4.78, 5) is 2.25. The van der Waals surface area contributed by atoms with Crippen LogP contribution in [0.25, 0.3) is 0 Å². The van der Waals surface area contributed by atoms with E-state index in [1.165, 1.54) is 0 Å². The van der Waals surface area contributed by atoms with E-state index < -0.39 is 10.6 Å². The Morgan fingerprint density at radius 2 is 2.21 bits per heavy atom. The fourth-order valence-electron chi connectivity index (χ4n) is 2.14. The van der Waals surface area contributed by atoms with Crippen LogP contribution in [0.3, 0.4) is 0 Å². The average molecular weight is 222 g/mol. The number of piperazine rings is 1. The highest BCUT2D eigenvalue weighted by Crippen LogP contribution is 2.43. The van der Waals surface area contributed by atoms with Gasteiger partial charge < -0.3 is 10.4 Å². The Hall–Kier alpha value is 0.150. The molecule has 5 nitrogen and oxygen atoms in total. The number of nitrogens with one attached hydrogen (secondary N) is 1. The summed E-state index contributed by atoms with van der Waals surface area (Å²) in [5.41, 5.74) is 0. The van der Waals surface area contributed by atoms with Crippen LogP contribution >= 0.6 is 10.6 Å². The average Bonchev–Trinajstić information content (AvgIpc) is 2.16. The summed E-state index contributed by atoms with van der Waals surface area (Å²) in [5.74, 6) is 0.972. The third-order valence-corrected chi connectivity index (χ3v) is 4.75. The maximum absolute atomic E-state index is 9.57. The minimum atomic E-state index is -2.32. The van der Waals surface area contributed by atoms with Crippen molar-refractivity contribution in [1.29, 1.82) is 0 Å². The number of hydrogen-bond acceptors (Lipinski definition) is 5. The molecule has 6 heteroatoms.